The topological polar surface area (TPSA) is 49.6 Å². The van der Waals surface area contributed by atoms with E-state index in [1.54, 1.807) is 18.4 Å². The summed E-state index contributed by atoms with van der Waals surface area (Å²) in [5.41, 5.74) is 1.16. The molecule has 0 aliphatic carbocycles. The molecule has 2 aromatic rings. The maximum atomic E-state index is 5.50. The Morgan fingerprint density at radius 2 is 2.11 bits per heavy atom. The Labute approximate surface area is 117 Å². The maximum Gasteiger partial charge on any atom is 0.191 e. The minimum absolute atomic E-state index is 0.716. The molecule has 0 radical (unpaired) electrons. The molecule has 0 aromatic carbocycles. The molecular formula is C14H19N3OS. The van der Waals surface area contributed by atoms with Gasteiger partial charge >= 0.3 is 0 Å². The number of nitrogens with zero attached hydrogens (tertiary/aromatic N) is 1. The quantitative estimate of drug-likeness (QED) is 0.667. The summed E-state index contributed by atoms with van der Waals surface area (Å²) in [5, 5.41) is 8.65. The van der Waals surface area contributed by atoms with Gasteiger partial charge in [-0.05, 0) is 31.4 Å². The Bertz CT molecular complexity index is 543. The minimum atomic E-state index is 0.716. The van der Waals surface area contributed by atoms with Crippen LogP contribution in [0.15, 0.2) is 33.0 Å². The molecule has 2 rings (SSSR count). The fourth-order valence-corrected chi connectivity index (χ4v) is 2.49. The smallest absolute Gasteiger partial charge is 0.191 e. The highest BCUT2D eigenvalue weighted by molar-refractivity contribution is 7.09. The molecule has 4 nitrogen and oxygen atoms in total. The zero-order valence-corrected chi connectivity index (χ0v) is 12.3. The zero-order chi connectivity index (χ0) is 13.7. The van der Waals surface area contributed by atoms with E-state index in [1.807, 2.05) is 13.8 Å². The summed E-state index contributed by atoms with van der Waals surface area (Å²) in [7, 11) is 1.78. The van der Waals surface area contributed by atoms with E-state index in [0.29, 0.717) is 6.54 Å². The molecule has 0 unspecified atom stereocenters. The van der Waals surface area contributed by atoms with E-state index >= 15 is 0 Å². The van der Waals surface area contributed by atoms with Gasteiger partial charge < -0.3 is 15.1 Å². The molecule has 0 aliphatic rings. The van der Waals surface area contributed by atoms with Crippen molar-refractivity contribution in [1.29, 1.82) is 0 Å². The molecular weight excluding hydrogens is 258 g/mol. The van der Waals surface area contributed by atoms with Crippen molar-refractivity contribution in [2.45, 2.75) is 26.9 Å². The van der Waals surface area contributed by atoms with Crippen molar-refractivity contribution in [2.24, 2.45) is 4.99 Å². The molecule has 19 heavy (non-hydrogen) atoms. The molecule has 2 aromatic heterocycles. The van der Waals surface area contributed by atoms with Crippen LogP contribution in [0, 0.1) is 13.8 Å². The number of guanidine groups is 1. The highest BCUT2D eigenvalue weighted by atomic mass is 32.1. The van der Waals surface area contributed by atoms with Crippen LogP contribution in [0.2, 0.25) is 0 Å². The van der Waals surface area contributed by atoms with Crippen molar-refractivity contribution in [3.8, 4) is 0 Å². The summed E-state index contributed by atoms with van der Waals surface area (Å²) >= 11 is 1.74. The fraction of sp³-hybridized carbons (Fsp3) is 0.357. The Hall–Kier alpha value is -1.75. The molecule has 0 aliphatic heterocycles. The first-order valence-electron chi connectivity index (χ1n) is 6.22. The van der Waals surface area contributed by atoms with Gasteiger partial charge in [0, 0.05) is 24.0 Å². The molecule has 2 N–H and O–H groups in total. The third-order valence-corrected chi connectivity index (χ3v) is 3.70. The van der Waals surface area contributed by atoms with Crippen LogP contribution < -0.4 is 10.6 Å². The molecule has 0 amide bonds. The van der Waals surface area contributed by atoms with Crippen molar-refractivity contribution in [1.82, 2.24) is 10.6 Å². The van der Waals surface area contributed by atoms with Gasteiger partial charge in [-0.1, -0.05) is 6.07 Å². The van der Waals surface area contributed by atoms with Crippen molar-refractivity contribution in [2.75, 3.05) is 7.05 Å². The third kappa shape index (κ3) is 3.86. The normalized spacial score (nSPS) is 11.6. The van der Waals surface area contributed by atoms with E-state index in [4.69, 9.17) is 4.42 Å². The summed E-state index contributed by atoms with van der Waals surface area (Å²) in [4.78, 5) is 5.50. The first kappa shape index (κ1) is 13.7. The first-order valence-corrected chi connectivity index (χ1v) is 7.10. The lowest BCUT2D eigenvalue weighted by Gasteiger charge is -2.10. The Morgan fingerprint density at radius 3 is 2.68 bits per heavy atom. The van der Waals surface area contributed by atoms with E-state index in [2.05, 4.69) is 39.2 Å². The molecule has 2 heterocycles. The number of nitrogens with one attached hydrogen (secondary N) is 2. The van der Waals surface area contributed by atoms with E-state index in [0.717, 1.165) is 29.6 Å². The van der Waals surface area contributed by atoms with Crippen LogP contribution in [0.1, 0.15) is 22.0 Å². The first-order chi connectivity index (χ1) is 9.19. The summed E-state index contributed by atoms with van der Waals surface area (Å²) in [5.74, 6) is 2.70. The Kier molecular flexibility index (Phi) is 4.63. The monoisotopic (exact) mass is 277 g/mol. The predicted molar refractivity (Wildman–Crippen MR) is 79.5 cm³/mol. The van der Waals surface area contributed by atoms with Crippen LogP contribution in [-0.2, 0) is 13.1 Å². The summed E-state index contributed by atoms with van der Waals surface area (Å²) in [6.07, 6.45) is 0. The molecule has 0 saturated heterocycles. The molecule has 102 valence electrons. The third-order valence-electron chi connectivity index (χ3n) is 2.82. The highest BCUT2D eigenvalue weighted by Crippen LogP contribution is 2.13. The summed E-state index contributed by atoms with van der Waals surface area (Å²) in [6, 6.07) is 6.21. The number of rotatable bonds is 4. The molecule has 0 atom stereocenters. The van der Waals surface area contributed by atoms with Crippen LogP contribution in [0.3, 0.4) is 0 Å². The van der Waals surface area contributed by atoms with Crippen molar-refractivity contribution >= 4 is 17.3 Å². The van der Waals surface area contributed by atoms with Gasteiger partial charge in [0.05, 0.1) is 6.54 Å². The maximum absolute atomic E-state index is 5.50. The predicted octanol–water partition coefficient (Wildman–Crippen LogP) is 2.82. The van der Waals surface area contributed by atoms with Crippen LogP contribution in [0.25, 0.3) is 0 Å². The Balaban J connectivity index is 1.84. The fourth-order valence-electron chi connectivity index (χ4n) is 1.84. The largest absolute Gasteiger partial charge is 0.466 e. The van der Waals surface area contributed by atoms with Gasteiger partial charge in [-0.25, -0.2) is 0 Å². The number of aryl methyl sites for hydroxylation is 2. The average molecular weight is 277 g/mol. The average Bonchev–Trinajstić information content (AvgIpc) is 3.00. The van der Waals surface area contributed by atoms with Gasteiger partial charge in [0.15, 0.2) is 5.96 Å². The second-order valence-corrected chi connectivity index (χ2v) is 5.33. The van der Waals surface area contributed by atoms with Gasteiger partial charge in [0.2, 0.25) is 0 Å². The molecule has 0 spiro atoms. The number of hydrogen-bond donors (Lipinski definition) is 2. The van der Waals surface area contributed by atoms with Gasteiger partial charge in [0.1, 0.15) is 11.5 Å². The number of thiophene rings is 1. The molecule has 0 saturated carbocycles. The zero-order valence-electron chi connectivity index (χ0n) is 11.5. The molecule has 0 fully saturated rings. The second kappa shape index (κ2) is 6.43. The molecule has 0 bridgehead atoms. The van der Waals surface area contributed by atoms with E-state index in [9.17, 15) is 0 Å². The second-order valence-electron chi connectivity index (χ2n) is 4.30. The van der Waals surface area contributed by atoms with Crippen LogP contribution in [0.5, 0.6) is 0 Å². The summed E-state index contributed by atoms with van der Waals surface area (Å²) in [6.45, 7) is 5.44. The number of aliphatic imine (C=N–C) groups is 1. The highest BCUT2D eigenvalue weighted by Gasteiger charge is 2.05. The van der Waals surface area contributed by atoms with E-state index < -0.39 is 0 Å². The van der Waals surface area contributed by atoms with E-state index in [1.165, 1.54) is 4.88 Å². The minimum Gasteiger partial charge on any atom is -0.466 e. The number of hydrogen-bond acceptors (Lipinski definition) is 3. The van der Waals surface area contributed by atoms with Gasteiger partial charge in [-0.3, -0.25) is 4.99 Å². The van der Waals surface area contributed by atoms with Crippen molar-refractivity contribution < 1.29 is 4.42 Å². The summed E-state index contributed by atoms with van der Waals surface area (Å²) < 4.78 is 5.50. The number of furan rings is 1. The van der Waals surface area contributed by atoms with Crippen molar-refractivity contribution in [3.63, 3.8) is 0 Å². The van der Waals surface area contributed by atoms with Crippen molar-refractivity contribution in [3.05, 3.63) is 45.5 Å². The van der Waals surface area contributed by atoms with Gasteiger partial charge in [-0.15, -0.1) is 11.3 Å². The van der Waals surface area contributed by atoms with Crippen LogP contribution in [0.4, 0.5) is 0 Å². The lowest BCUT2D eigenvalue weighted by atomic mass is 10.2. The lowest BCUT2D eigenvalue weighted by molar-refractivity contribution is 0.500. The van der Waals surface area contributed by atoms with E-state index in [-0.39, 0.29) is 0 Å². The lowest BCUT2D eigenvalue weighted by Crippen LogP contribution is -2.36. The SMILES string of the molecule is CN=C(NCc1cccs1)NCc1cc(C)oc1C. The van der Waals surface area contributed by atoms with Gasteiger partial charge in [0.25, 0.3) is 0 Å². The molecule has 5 heteroatoms. The van der Waals surface area contributed by atoms with Gasteiger partial charge in [-0.2, -0.15) is 0 Å². The van der Waals surface area contributed by atoms with Crippen LogP contribution >= 0.6 is 11.3 Å². The van der Waals surface area contributed by atoms with Crippen LogP contribution in [-0.4, -0.2) is 13.0 Å². The Morgan fingerprint density at radius 1 is 1.32 bits per heavy atom. The standard InChI is InChI=1S/C14H19N3OS/c1-10-7-12(11(2)18-10)8-16-14(15-3)17-9-13-5-4-6-19-13/h4-7H,8-9H2,1-3H3,(H2,15,16,17).